The number of anilines is 1. The van der Waals surface area contributed by atoms with Crippen molar-refractivity contribution in [2.45, 2.75) is 20.8 Å². The van der Waals surface area contributed by atoms with Crippen LogP contribution < -0.4 is 16.2 Å². The molecule has 0 fully saturated rings. The van der Waals surface area contributed by atoms with Crippen molar-refractivity contribution in [3.63, 3.8) is 0 Å². The zero-order valence-electron chi connectivity index (χ0n) is 17.3. The molecule has 30 heavy (non-hydrogen) atoms. The van der Waals surface area contributed by atoms with Gasteiger partial charge < -0.3 is 10.6 Å². The lowest BCUT2D eigenvalue weighted by Crippen LogP contribution is -2.34. The molecule has 0 atom stereocenters. The van der Waals surface area contributed by atoms with Crippen molar-refractivity contribution < 1.29 is 9.59 Å². The minimum atomic E-state index is -0.393. The number of nitrogens with one attached hydrogen (secondary N) is 2. The van der Waals surface area contributed by atoms with E-state index in [1.165, 1.54) is 10.6 Å². The number of aryl methyl sites for hydroxylation is 1. The highest BCUT2D eigenvalue weighted by molar-refractivity contribution is 6.05. The monoisotopic (exact) mass is 403 g/mol. The van der Waals surface area contributed by atoms with E-state index in [1.807, 2.05) is 39.0 Å². The van der Waals surface area contributed by atoms with Crippen molar-refractivity contribution in [2.75, 3.05) is 11.9 Å². The van der Waals surface area contributed by atoms with Crippen LogP contribution in [0.15, 0.2) is 71.7 Å². The molecule has 0 aliphatic carbocycles. The van der Waals surface area contributed by atoms with Gasteiger partial charge in [-0.2, -0.15) is 0 Å². The maximum Gasteiger partial charge on any atom is 0.267 e. The summed E-state index contributed by atoms with van der Waals surface area (Å²) in [6, 6.07) is 17.5. The van der Waals surface area contributed by atoms with E-state index in [4.69, 9.17) is 0 Å². The maximum absolute atomic E-state index is 12.8. The Morgan fingerprint density at radius 3 is 2.23 bits per heavy atom. The molecule has 154 valence electrons. The van der Waals surface area contributed by atoms with Gasteiger partial charge in [-0.25, -0.2) is 0 Å². The van der Waals surface area contributed by atoms with Crippen molar-refractivity contribution in [3.05, 3.63) is 93.9 Å². The van der Waals surface area contributed by atoms with E-state index in [2.05, 4.69) is 10.6 Å². The predicted octanol–water partition coefficient (Wildman–Crippen LogP) is 3.78. The molecule has 3 rings (SSSR count). The number of carbonyl (C=O) groups excluding carboxylic acids is 2. The zero-order valence-corrected chi connectivity index (χ0v) is 17.3. The summed E-state index contributed by atoms with van der Waals surface area (Å²) in [5.74, 6) is -0.283. The Morgan fingerprint density at radius 1 is 0.900 bits per heavy atom. The first-order chi connectivity index (χ1) is 14.4. The molecule has 2 amide bonds. The van der Waals surface area contributed by atoms with Crippen LogP contribution >= 0.6 is 0 Å². The van der Waals surface area contributed by atoms with Crippen LogP contribution in [0.25, 0.3) is 5.69 Å². The van der Waals surface area contributed by atoms with E-state index in [0.717, 1.165) is 5.56 Å². The first-order valence-corrected chi connectivity index (χ1v) is 9.84. The van der Waals surface area contributed by atoms with Gasteiger partial charge in [-0.1, -0.05) is 32.0 Å². The first-order valence-electron chi connectivity index (χ1n) is 9.84. The molecule has 1 heterocycles. The Kier molecular flexibility index (Phi) is 6.47. The van der Waals surface area contributed by atoms with Gasteiger partial charge in [0.2, 0.25) is 0 Å². The average molecular weight is 403 g/mol. The maximum atomic E-state index is 12.8. The van der Waals surface area contributed by atoms with E-state index in [0.29, 0.717) is 29.4 Å². The molecule has 0 saturated heterocycles. The summed E-state index contributed by atoms with van der Waals surface area (Å²) in [6.45, 7) is 6.36. The number of benzene rings is 2. The van der Waals surface area contributed by atoms with Gasteiger partial charge in [-0.05, 0) is 60.9 Å². The lowest BCUT2D eigenvalue weighted by Gasteiger charge is -2.11. The summed E-state index contributed by atoms with van der Waals surface area (Å²) in [6.07, 6.45) is 1.61. The number of rotatable bonds is 6. The van der Waals surface area contributed by atoms with Gasteiger partial charge in [-0.3, -0.25) is 19.0 Å². The van der Waals surface area contributed by atoms with Crippen LogP contribution in [0.4, 0.5) is 5.69 Å². The number of carbonyl (C=O) groups is 2. The lowest BCUT2D eigenvalue weighted by molar-refractivity contribution is 0.0946. The van der Waals surface area contributed by atoms with E-state index in [1.54, 1.807) is 42.6 Å². The molecule has 0 aliphatic rings. The SMILES string of the molecule is Cc1ccccc1C(=O)Nc1ccc(-n2cccc(C(=O)NCC(C)C)c2=O)cc1. The fourth-order valence-corrected chi connectivity index (χ4v) is 2.99. The predicted molar refractivity (Wildman–Crippen MR) is 118 cm³/mol. The van der Waals surface area contributed by atoms with Crippen LogP contribution in [0.1, 0.15) is 40.1 Å². The Hall–Kier alpha value is -3.67. The van der Waals surface area contributed by atoms with Gasteiger partial charge in [0.1, 0.15) is 5.56 Å². The average Bonchev–Trinajstić information content (AvgIpc) is 2.73. The van der Waals surface area contributed by atoms with Crippen molar-refractivity contribution >= 4 is 17.5 Å². The third kappa shape index (κ3) is 4.84. The molecule has 2 N–H and O–H groups in total. The van der Waals surface area contributed by atoms with Gasteiger partial charge in [0.05, 0.1) is 0 Å². The molecule has 3 aromatic rings. The zero-order chi connectivity index (χ0) is 21.7. The smallest absolute Gasteiger partial charge is 0.267 e. The van der Waals surface area contributed by atoms with Crippen molar-refractivity contribution in [1.82, 2.24) is 9.88 Å². The van der Waals surface area contributed by atoms with Gasteiger partial charge in [0, 0.05) is 29.7 Å². The van der Waals surface area contributed by atoms with E-state index < -0.39 is 5.56 Å². The Morgan fingerprint density at radius 2 is 1.57 bits per heavy atom. The second kappa shape index (κ2) is 9.22. The molecule has 2 aromatic carbocycles. The molecular formula is C24H25N3O3. The van der Waals surface area contributed by atoms with Crippen molar-refractivity contribution in [2.24, 2.45) is 5.92 Å². The number of hydrogen-bond acceptors (Lipinski definition) is 3. The number of nitrogens with zero attached hydrogens (tertiary/aromatic N) is 1. The molecule has 0 radical (unpaired) electrons. The fourth-order valence-electron chi connectivity index (χ4n) is 2.99. The fraction of sp³-hybridized carbons (Fsp3) is 0.208. The highest BCUT2D eigenvalue weighted by Gasteiger charge is 2.13. The molecule has 0 bridgehead atoms. The number of pyridine rings is 1. The number of hydrogen-bond donors (Lipinski definition) is 2. The third-order valence-electron chi connectivity index (χ3n) is 4.66. The number of aromatic nitrogens is 1. The summed E-state index contributed by atoms with van der Waals surface area (Å²) < 4.78 is 1.41. The van der Waals surface area contributed by atoms with E-state index in [9.17, 15) is 14.4 Å². The summed E-state index contributed by atoms with van der Waals surface area (Å²) in [7, 11) is 0. The Balaban J connectivity index is 1.79. The molecule has 0 unspecified atom stereocenters. The van der Waals surface area contributed by atoms with Crippen LogP contribution in [0.2, 0.25) is 0 Å². The quantitative estimate of drug-likeness (QED) is 0.657. The van der Waals surface area contributed by atoms with Crippen LogP contribution in [0, 0.1) is 12.8 Å². The molecule has 0 spiro atoms. The molecule has 1 aromatic heterocycles. The summed E-state index contributed by atoms with van der Waals surface area (Å²) in [5.41, 5.74) is 2.42. The van der Waals surface area contributed by atoms with Gasteiger partial charge in [0.25, 0.3) is 17.4 Å². The topological polar surface area (TPSA) is 80.2 Å². The van der Waals surface area contributed by atoms with Gasteiger partial charge >= 0.3 is 0 Å². The Bertz CT molecular complexity index is 1120. The van der Waals surface area contributed by atoms with Gasteiger partial charge in [0.15, 0.2) is 0 Å². The second-order valence-electron chi connectivity index (χ2n) is 7.52. The summed E-state index contributed by atoms with van der Waals surface area (Å²) >= 11 is 0. The lowest BCUT2D eigenvalue weighted by atomic mass is 10.1. The first kappa shape index (κ1) is 21.0. The highest BCUT2D eigenvalue weighted by Crippen LogP contribution is 2.15. The van der Waals surface area contributed by atoms with Crippen LogP contribution in [0.5, 0.6) is 0 Å². The van der Waals surface area contributed by atoms with Crippen LogP contribution in [-0.4, -0.2) is 22.9 Å². The molecular weight excluding hydrogens is 378 g/mol. The molecule has 0 saturated carbocycles. The van der Waals surface area contributed by atoms with Crippen molar-refractivity contribution in [3.8, 4) is 5.69 Å². The largest absolute Gasteiger partial charge is 0.352 e. The molecule has 0 aliphatic heterocycles. The molecule has 6 heteroatoms. The summed E-state index contributed by atoms with van der Waals surface area (Å²) in [5, 5.41) is 5.63. The minimum absolute atomic E-state index is 0.0927. The normalized spacial score (nSPS) is 10.7. The van der Waals surface area contributed by atoms with E-state index in [-0.39, 0.29) is 17.4 Å². The van der Waals surface area contributed by atoms with Crippen molar-refractivity contribution in [1.29, 1.82) is 0 Å². The second-order valence-corrected chi connectivity index (χ2v) is 7.52. The standard InChI is InChI=1S/C24H25N3O3/c1-16(2)15-25-22(28)21-9-6-14-27(24(21)30)19-12-10-18(11-13-19)26-23(29)20-8-5-4-7-17(20)3/h4-14,16H,15H2,1-3H3,(H,25,28)(H,26,29). The minimum Gasteiger partial charge on any atom is -0.352 e. The van der Waals surface area contributed by atoms with E-state index >= 15 is 0 Å². The number of amides is 2. The van der Waals surface area contributed by atoms with Gasteiger partial charge in [-0.15, -0.1) is 0 Å². The summed E-state index contributed by atoms with van der Waals surface area (Å²) in [4.78, 5) is 37.6. The third-order valence-corrected chi connectivity index (χ3v) is 4.66. The highest BCUT2D eigenvalue weighted by atomic mass is 16.2. The Labute approximate surface area is 175 Å². The molecule has 6 nitrogen and oxygen atoms in total. The van der Waals surface area contributed by atoms with Crippen LogP contribution in [0.3, 0.4) is 0 Å². The van der Waals surface area contributed by atoms with Crippen LogP contribution in [-0.2, 0) is 0 Å².